The maximum atomic E-state index is 12.3. The SMILES string of the molecule is CC(C)Nc1ncc(-c2ccc[nH]c2=O)cc1C(C)CCC(C)Nc1ncc(Cl)cc1C(C)C. The number of H-pyrrole nitrogens is 1. The number of nitrogens with one attached hydrogen (secondary N) is 3. The summed E-state index contributed by atoms with van der Waals surface area (Å²) in [6.07, 6.45) is 7.03. The second-order valence-corrected chi connectivity index (χ2v) is 10.1. The highest BCUT2D eigenvalue weighted by Crippen LogP contribution is 2.32. The molecule has 0 fully saturated rings. The first-order valence-electron chi connectivity index (χ1n) is 12.0. The lowest BCUT2D eigenvalue weighted by Gasteiger charge is -2.22. The van der Waals surface area contributed by atoms with Crippen molar-refractivity contribution in [1.29, 1.82) is 0 Å². The largest absolute Gasteiger partial charge is 0.368 e. The van der Waals surface area contributed by atoms with Crippen LogP contribution in [-0.2, 0) is 0 Å². The number of aromatic amines is 1. The molecule has 6 nitrogen and oxygen atoms in total. The van der Waals surface area contributed by atoms with Crippen molar-refractivity contribution in [3.63, 3.8) is 0 Å². The van der Waals surface area contributed by atoms with Crippen LogP contribution in [0.1, 0.15) is 77.3 Å². The van der Waals surface area contributed by atoms with Crippen molar-refractivity contribution < 1.29 is 0 Å². The highest BCUT2D eigenvalue weighted by molar-refractivity contribution is 6.30. The molecule has 3 aromatic rings. The van der Waals surface area contributed by atoms with Gasteiger partial charge in [-0.3, -0.25) is 4.79 Å². The van der Waals surface area contributed by atoms with Gasteiger partial charge < -0.3 is 15.6 Å². The van der Waals surface area contributed by atoms with Gasteiger partial charge in [0.25, 0.3) is 5.56 Å². The lowest BCUT2D eigenvalue weighted by atomic mass is 9.92. The Labute approximate surface area is 207 Å². The van der Waals surface area contributed by atoms with Gasteiger partial charge in [-0.2, -0.15) is 0 Å². The summed E-state index contributed by atoms with van der Waals surface area (Å²) in [5, 5.41) is 7.69. The first-order chi connectivity index (χ1) is 16.2. The molecule has 0 aliphatic carbocycles. The van der Waals surface area contributed by atoms with Gasteiger partial charge in [0.15, 0.2) is 0 Å². The average Bonchev–Trinajstić information content (AvgIpc) is 2.79. The number of pyridine rings is 3. The van der Waals surface area contributed by atoms with Gasteiger partial charge in [0.2, 0.25) is 0 Å². The van der Waals surface area contributed by atoms with Gasteiger partial charge in [0.1, 0.15) is 11.6 Å². The summed E-state index contributed by atoms with van der Waals surface area (Å²) in [7, 11) is 0. The summed E-state index contributed by atoms with van der Waals surface area (Å²) < 4.78 is 0. The molecule has 0 amide bonds. The van der Waals surface area contributed by atoms with E-state index in [0.29, 0.717) is 16.5 Å². The number of aromatic nitrogens is 3. The van der Waals surface area contributed by atoms with E-state index in [1.165, 1.54) is 0 Å². The maximum Gasteiger partial charge on any atom is 0.255 e. The first-order valence-corrected chi connectivity index (χ1v) is 12.4. The Morgan fingerprint density at radius 3 is 2.32 bits per heavy atom. The van der Waals surface area contributed by atoms with E-state index in [-0.39, 0.29) is 23.6 Å². The summed E-state index contributed by atoms with van der Waals surface area (Å²) >= 11 is 6.16. The van der Waals surface area contributed by atoms with Gasteiger partial charge in [-0.15, -0.1) is 0 Å². The molecule has 2 atom stereocenters. The van der Waals surface area contributed by atoms with Crippen molar-refractivity contribution in [3.8, 4) is 11.1 Å². The van der Waals surface area contributed by atoms with Crippen LogP contribution >= 0.6 is 11.6 Å². The molecule has 0 radical (unpaired) electrons. The zero-order valence-electron chi connectivity index (χ0n) is 20.9. The second-order valence-electron chi connectivity index (χ2n) is 9.64. The van der Waals surface area contributed by atoms with Crippen molar-refractivity contribution in [2.24, 2.45) is 0 Å². The van der Waals surface area contributed by atoms with E-state index in [1.807, 2.05) is 18.2 Å². The van der Waals surface area contributed by atoms with Gasteiger partial charge in [-0.1, -0.05) is 32.4 Å². The number of nitrogens with zero attached hydrogens (tertiary/aromatic N) is 2. The number of anilines is 2. The normalized spacial score (nSPS) is 13.2. The second kappa shape index (κ2) is 11.5. The maximum absolute atomic E-state index is 12.3. The molecule has 0 aromatic carbocycles. The van der Waals surface area contributed by atoms with E-state index in [2.05, 4.69) is 73.2 Å². The predicted molar refractivity (Wildman–Crippen MR) is 143 cm³/mol. The average molecular weight is 482 g/mol. The first kappa shape index (κ1) is 25.8. The number of rotatable bonds is 10. The van der Waals surface area contributed by atoms with Crippen LogP contribution in [0.25, 0.3) is 11.1 Å². The molecule has 0 aliphatic heterocycles. The fraction of sp³-hybridized carbons (Fsp3) is 0.444. The molecular formula is C27H36ClN5O. The topological polar surface area (TPSA) is 82.7 Å². The molecule has 0 bridgehead atoms. The van der Waals surface area contributed by atoms with E-state index in [4.69, 9.17) is 11.6 Å². The Balaban J connectivity index is 1.78. The fourth-order valence-corrected chi connectivity index (χ4v) is 4.19. The lowest BCUT2D eigenvalue weighted by Crippen LogP contribution is -2.19. The van der Waals surface area contributed by atoms with Crippen molar-refractivity contribution in [2.75, 3.05) is 10.6 Å². The molecule has 0 saturated carbocycles. The minimum Gasteiger partial charge on any atom is -0.368 e. The molecule has 34 heavy (non-hydrogen) atoms. The Hall–Kier alpha value is -2.86. The molecule has 3 N–H and O–H groups in total. The van der Waals surface area contributed by atoms with Crippen molar-refractivity contribution >= 4 is 23.2 Å². The molecule has 7 heteroatoms. The minimum atomic E-state index is -0.110. The van der Waals surface area contributed by atoms with Crippen molar-refractivity contribution in [2.45, 2.75) is 78.3 Å². The zero-order valence-corrected chi connectivity index (χ0v) is 21.7. The van der Waals surface area contributed by atoms with E-state index in [9.17, 15) is 4.79 Å². The molecular weight excluding hydrogens is 446 g/mol. The molecule has 0 spiro atoms. The van der Waals surface area contributed by atoms with Crippen molar-refractivity contribution in [3.05, 3.63) is 69.4 Å². The van der Waals surface area contributed by atoms with Crippen LogP contribution in [0.2, 0.25) is 5.02 Å². The summed E-state index contributed by atoms with van der Waals surface area (Å²) in [6, 6.07) is 8.26. The van der Waals surface area contributed by atoms with Crippen LogP contribution in [0.5, 0.6) is 0 Å². The number of halogens is 1. The summed E-state index contributed by atoms with van der Waals surface area (Å²) in [4.78, 5) is 24.3. The van der Waals surface area contributed by atoms with E-state index in [1.54, 1.807) is 18.6 Å². The quantitative estimate of drug-likeness (QED) is 0.296. The highest BCUT2D eigenvalue weighted by Gasteiger charge is 2.18. The fourth-order valence-electron chi connectivity index (χ4n) is 4.02. The minimum absolute atomic E-state index is 0.110. The molecule has 0 aliphatic rings. The van der Waals surface area contributed by atoms with Crippen LogP contribution in [0.3, 0.4) is 0 Å². The van der Waals surface area contributed by atoms with Gasteiger partial charge in [-0.05, 0) is 80.8 Å². The molecule has 3 aromatic heterocycles. The van der Waals surface area contributed by atoms with Gasteiger partial charge >= 0.3 is 0 Å². The summed E-state index contributed by atoms with van der Waals surface area (Å²) in [5.74, 6) is 2.36. The van der Waals surface area contributed by atoms with E-state index in [0.717, 1.165) is 41.2 Å². The highest BCUT2D eigenvalue weighted by atomic mass is 35.5. The standard InChI is InChI=1S/C27H36ClN5O/c1-16(2)23-13-21(28)15-31-25(23)33-19(6)10-9-18(5)24-12-20(14-30-26(24)32-17(3)4)22-8-7-11-29-27(22)34/h7-8,11-19H,9-10H2,1-6H3,(H,29,34)(H,30,32)(H,31,33). The third-order valence-corrected chi connectivity index (χ3v) is 6.13. The third-order valence-electron chi connectivity index (χ3n) is 5.92. The molecule has 3 heterocycles. The Morgan fingerprint density at radius 1 is 0.941 bits per heavy atom. The summed E-state index contributed by atoms with van der Waals surface area (Å²) in [5.41, 5.74) is 3.59. The van der Waals surface area contributed by atoms with Crippen molar-refractivity contribution in [1.82, 2.24) is 15.0 Å². The monoisotopic (exact) mass is 481 g/mol. The van der Waals surface area contributed by atoms with E-state index < -0.39 is 0 Å². The van der Waals surface area contributed by atoms with Crippen LogP contribution in [0, 0.1) is 0 Å². The third kappa shape index (κ3) is 6.60. The number of hydrogen-bond donors (Lipinski definition) is 3. The van der Waals surface area contributed by atoms with Crippen LogP contribution < -0.4 is 16.2 Å². The number of hydrogen-bond acceptors (Lipinski definition) is 5. The van der Waals surface area contributed by atoms with Crippen LogP contribution in [0.15, 0.2) is 47.7 Å². The Kier molecular flexibility index (Phi) is 8.72. The van der Waals surface area contributed by atoms with E-state index >= 15 is 0 Å². The Morgan fingerprint density at radius 2 is 1.65 bits per heavy atom. The Bertz CT molecular complexity index is 1160. The van der Waals surface area contributed by atoms with Gasteiger partial charge in [-0.25, -0.2) is 9.97 Å². The van der Waals surface area contributed by atoms with Gasteiger partial charge in [0.05, 0.1) is 5.02 Å². The molecule has 182 valence electrons. The zero-order chi connectivity index (χ0) is 24.8. The lowest BCUT2D eigenvalue weighted by molar-refractivity contribution is 0.586. The van der Waals surface area contributed by atoms with Crippen LogP contribution in [-0.4, -0.2) is 27.0 Å². The predicted octanol–water partition coefficient (Wildman–Crippen LogP) is 6.81. The smallest absolute Gasteiger partial charge is 0.255 e. The van der Waals surface area contributed by atoms with Crippen LogP contribution in [0.4, 0.5) is 11.6 Å². The molecule has 0 saturated heterocycles. The van der Waals surface area contributed by atoms with Gasteiger partial charge in [0, 0.05) is 41.8 Å². The summed E-state index contributed by atoms with van der Waals surface area (Å²) in [6.45, 7) is 12.9. The molecule has 2 unspecified atom stereocenters. The molecule has 3 rings (SSSR count).